The lowest BCUT2D eigenvalue weighted by molar-refractivity contribution is -0.174. The number of ether oxygens (including phenoxy) is 1. The SMILES string of the molecule is CCCCCCC(C)OC(=O)[C@H](O)[C@@H](O)[C@H](O)[C@H](O)COP(=O)(OC(C)CCCCCC)OC(C)CCCCCC. The van der Waals surface area contributed by atoms with Gasteiger partial charge in [-0.25, -0.2) is 9.36 Å². The molecule has 0 aliphatic heterocycles. The molecule has 0 rings (SSSR count). The Morgan fingerprint density at radius 1 is 0.634 bits per heavy atom. The predicted octanol–water partition coefficient (Wildman–Crippen LogP) is 6.21. The fourth-order valence-corrected chi connectivity index (χ4v) is 5.95. The molecule has 0 saturated heterocycles. The Hall–Kier alpha value is -0.580. The molecule has 7 atom stereocenters. The smallest absolute Gasteiger partial charge is 0.461 e. The summed E-state index contributed by atoms with van der Waals surface area (Å²) >= 11 is 0. The largest absolute Gasteiger partial charge is 0.475 e. The minimum absolute atomic E-state index is 0.432. The van der Waals surface area contributed by atoms with Gasteiger partial charge in [-0.15, -0.1) is 0 Å². The fourth-order valence-electron chi connectivity index (χ4n) is 4.35. The molecule has 4 N–H and O–H groups in total. The summed E-state index contributed by atoms with van der Waals surface area (Å²) in [6.07, 6.45) is 4.87. The molecule has 0 aliphatic carbocycles. The van der Waals surface area contributed by atoms with Gasteiger partial charge in [-0.2, -0.15) is 0 Å². The second-order valence-electron chi connectivity index (χ2n) is 11.4. The lowest BCUT2D eigenvalue weighted by Crippen LogP contribution is -2.49. The normalized spacial score (nSPS) is 18.6. The lowest BCUT2D eigenvalue weighted by Gasteiger charge is -2.28. The maximum atomic E-state index is 13.6. The lowest BCUT2D eigenvalue weighted by atomic mass is 10.0. The quantitative estimate of drug-likeness (QED) is 0.0479. The standard InChI is InChI=1S/C30H61O10P/c1-7-10-13-16-19-23(4)38-30(35)29(34)28(33)27(32)26(31)22-37-41(36,39-24(5)20-17-14-11-8-2)40-25(6)21-18-15-12-9-3/h23-29,31-34H,7-22H2,1-6H3/t23?,24?,25?,26-,27-,28+,29-,41?/m1/s1. The van der Waals surface area contributed by atoms with Crippen LogP contribution in [0.15, 0.2) is 0 Å². The molecule has 0 aromatic carbocycles. The van der Waals surface area contributed by atoms with Crippen LogP contribution in [0, 0.1) is 0 Å². The van der Waals surface area contributed by atoms with Crippen LogP contribution < -0.4 is 0 Å². The van der Waals surface area contributed by atoms with Gasteiger partial charge in [0.05, 0.1) is 24.9 Å². The first-order chi connectivity index (χ1) is 19.4. The number of phosphoric ester groups is 1. The van der Waals surface area contributed by atoms with Crippen LogP contribution in [0.5, 0.6) is 0 Å². The van der Waals surface area contributed by atoms with Crippen molar-refractivity contribution in [2.75, 3.05) is 6.61 Å². The number of aliphatic hydroxyl groups is 4. The van der Waals surface area contributed by atoms with E-state index in [0.717, 1.165) is 77.0 Å². The molecule has 10 nitrogen and oxygen atoms in total. The summed E-state index contributed by atoms with van der Waals surface area (Å²) in [5.41, 5.74) is 0. The maximum absolute atomic E-state index is 13.6. The van der Waals surface area contributed by atoms with Gasteiger partial charge in [0.2, 0.25) is 0 Å². The van der Waals surface area contributed by atoms with E-state index in [-0.39, 0.29) is 0 Å². The molecule has 0 amide bonds. The molecular weight excluding hydrogens is 551 g/mol. The summed E-state index contributed by atoms with van der Waals surface area (Å²) in [7, 11) is -4.15. The zero-order valence-electron chi connectivity index (χ0n) is 26.5. The Morgan fingerprint density at radius 2 is 1.05 bits per heavy atom. The van der Waals surface area contributed by atoms with E-state index >= 15 is 0 Å². The van der Waals surface area contributed by atoms with E-state index in [2.05, 4.69) is 20.8 Å². The van der Waals surface area contributed by atoms with Crippen molar-refractivity contribution in [2.24, 2.45) is 0 Å². The molecule has 0 aliphatic rings. The van der Waals surface area contributed by atoms with Gasteiger partial charge in [0.1, 0.15) is 18.3 Å². The monoisotopic (exact) mass is 612 g/mol. The van der Waals surface area contributed by atoms with Crippen LogP contribution in [0.1, 0.15) is 138 Å². The molecule has 246 valence electrons. The number of rotatable bonds is 27. The van der Waals surface area contributed by atoms with Gasteiger partial charge in [-0.3, -0.25) is 13.6 Å². The molecule has 0 heterocycles. The highest BCUT2D eigenvalue weighted by Gasteiger charge is 2.38. The molecular formula is C30H61O10P. The first-order valence-electron chi connectivity index (χ1n) is 15.9. The number of esters is 1. The summed E-state index contributed by atoms with van der Waals surface area (Å²) in [5.74, 6) is -1.10. The molecule has 0 bridgehead atoms. The van der Waals surface area contributed by atoms with E-state index in [1.807, 2.05) is 0 Å². The highest BCUT2D eigenvalue weighted by Crippen LogP contribution is 2.52. The molecule has 0 aromatic heterocycles. The van der Waals surface area contributed by atoms with Crippen LogP contribution in [0.2, 0.25) is 0 Å². The van der Waals surface area contributed by atoms with Crippen molar-refractivity contribution < 1.29 is 48.1 Å². The van der Waals surface area contributed by atoms with Crippen LogP contribution in [0.25, 0.3) is 0 Å². The van der Waals surface area contributed by atoms with Crippen molar-refractivity contribution in [3.63, 3.8) is 0 Å². The number of unbranched alkanes of at least 4 members (excludes halogenated alkanes) is 9. The van der Waals surface area contributed by atoms with Crippen molar-refractivity contribution in [1.29, 1.82) is 0 Å². The predicted molar refractivity (Wildman–Crippen MR) is 161 cm³/mol. The molecule has 0 saturated carbocycles. The fraction of sp³-hybridized carbons (Fsp3) is 0.967. The first kappa shape index (κ1) is 40.4. The third-order valence-corrected chi connectivity index (χ3v) is 8.74. The maximum Gasteiger partial charge on any atom is 0.475 e. The Balaban J connectivity index is 5.08. The van der Waals surface area contributed by atoms with Crippen molar-refractivity contribution in [3.8, 4) is 0 Å². The van der Waals surface area contributed by atoms with Crippen LogP contribution in [0.3, 0.4) is 0 Å². The molecule has 3 unspecified atom stereocenters. The van der Waals surface area contributed by atoms with Crippen LogP contribution in [-0.4, -0.2) is 75.7 Å². The molecule has 0 aromatic rings. The Labute approximate surface area is 249 Å². The van der Waals surface area contributed by atoms with E-state index in [1.165, 1.54) is 0 Å². The van der Waals surface area contributed by atoms with E-state index < -0.39 is 63.1 Å². The van der Waals surface area contributed by atoms with Crippen molar-refractivity contribution in [3.05, 3.63) is 0 Å². The Kier molecular flexibility index (Phi) is 23.5. The van der Waals surface area contributed by atoms with E-state index in [0.29, 0.717) is 19.3 Å². The summed E-state index contributed by atoms with van der Waals surface area (Å²) in [4.78, 5) is 12.3. The molecule has 0 radical (unpaired) electrons. The highest BCUT2D eigenvalue weighted by atomic mass is 31.2. The number of hydrogen-bond acceptors (Lipinski definition) is 10. The number of carbonyl (C=O) groups is 1. The molecule has 0 fully saturated rings. The third-order valence-electron chi connectivity index (χ3n) is 7.04. The zero-order chi connectivity index (χ0) is 31.3. The van der Waals surface area contributed by atoms with Gasteiger partial charge in [0.25, 0.3) is 0 Å². The molecule has 41 heavy (non-hydrogen) atoms. The average Bonchev–Trinajstić information content (AvgIpc) is 2.93. The van der Waals surface area contributed by atoms with Gasteiger partial charge in [0, 0.05) is 0 Å². The van der Waals surface area contributed by atoms with E-state index in [9.17, 15) is 29.8 Å². The second kappa shape index (κ2) is 23.8. The van der Waals surface area contributed by atoms with Crippen LogP contribution >= 0.6 is 7.82 Å². The van der Waals surface area contributed by atoms with Gasteiger partial charge in [0.15, 0.2) is 6.10 Å². The van der Waals surface area contributed by atoms with Crippen molar-refractivity contribution in [1.82, 2.24) is 0 Å². The van der Waals surface area contributed by atoms with Gasteiger partial charge in [-0.1, -0.05) is 91.4 Å². The Bertz CT molecular complexity index is 670. The van der Waals surface area contributed by atoms with Gasteiger partial charge in [-0.05, 0) is 46.5 Å². The summed E-state index contributed by atoms with van der Waals surface area (Å²) < 4.78 is 35.6. The minimum Gasteiger partial charge on any atom is -0.461 e. The Morgan fingerprint density at radius 3 is 1.46 bits per heavy atom. The molecule has 11 heteroatoms. The summed E-state index contributed by atoms with van der Waals surface area (Å²) in [5, 5.41) is 41.5. The number of phosphoric acid groups is 1. The summed E-state index contributed by atoms with van der Waals surface area (Å²) in [6.45, 7) is 10.9. The summed E-state index contributed by atoms with van der Waals surface area (Å²) in [6, 6.07) is 0. The number of hydrogen-bond donors (Lipinski definition) is 4. The van der Waals surface area contributed by atoms with Crippen molar-refractivity contribution in [2.45, 2.75) is 181 Å². The zero-order valence-corrected chi connectivity index (χ0v) is 27.4. The van der Waals surface area contributed by atoms with Crippen molar-refractivity contribution >= 4 is 13.8 Å². The average molecular weight is 613 g/mol. The topological polar surface area (TPSA) is 152 Å². The third kappa shape index (κ3) is 19.3. The minimum atomic E-state index is -4.15. The van der Waals surface area contributed by atoms with Gasteiger partial charge >= 0.3 is 13.8 Å². The number of aliphatic hydroxyl groups excluding tert-OH is 4. The first-order valence-corrected chi connectivity index (χ1v) is 17.4. The van der Waals surface area contributed by atoms with Crippen LogP contribution in [0.4, 0.5) is 0 Å². The van der Waals surface area contributed by atoms with E-state index in [1.54, 1.807) is 20.8 Å². The van der Waals surface area contributed by atoms with Crippen LogP contribution in [-0.2, 0) is 27.7 Å². The second-order valence-corrected chi connectivity index (χ2v) is 12.9. The van der Waals surface area contributed by atoms with E-state index in [4.69, 9.17) is 18.3 Å². The number of carbonyl (C=O) groups excluding carboxylic acids is 1. The highest BCUT2D eigenvalue weighted by molar-refractivity contribution is 7.48. The molecule has 0 spiro atoms. The van der Waals surface area contributed by atoms with Gasteiger partial charge < -0.3 is 25.2 Å².